The van der Waals surface area contributed by atoms with Crippen LogP contribution in [0.4, 0.5) is 0 Å². The predicted octanol–water partition coefficient (Wildman–Crippen LogP) is 2.68. The molecule has 2 N–H and O–H groups in total. The van der Waals surface area contributed by atoms with Gasteiger partial charge in [0.25, 0.3) is 0 Å². The highest BCUT2D eigenvalue weighted by atomic mass is 16.5. The molecule has 1 aromatic rings. The monoisotopic (exact) mass is 277 g/mol. The zero-order chi connectivity index (χ0) is 14.8. The molecule has 0 aromatic heterocycles. The average molecular weight is 277 g/mol. The van der Waals surface area contributed by atoms with Crippen molar-refractivity contribution in [2.45, 2.75) is 45.9 Å². The van der Waals surface area contributed by atoms with Crippen LogP contribution in [-0.4, -0.2) is 29.8 Å². The fraction of sp³-hybridized carbons (Fsp3) is 0.562. The fourth-order valence-corrected chi connectivity index (χ4v) is 2.83. The molecule has 110 valence electrons. The molecule has 4 heteroatoms. The maximum atomic E-state index is 11.2. The zero-order valence-electron chi connectivity index (χ0n) is 12.3. The first-order chi connectivity index (χ1) is 9.46. The van der Waals surface area contributed by atoms with Crippen LogP contribution in [0.25, 0.3) is 0 Å². The van der Waals surface area contributed by atoms with E-state index >= 15 is 0 Å². The molecular formula is C16H23NO3. The van der Waals surface area contributed by atoms with E-state index in [2.05, 4.69) is 19.2 Å². The van der Waals surface area contributed by atoms with Gasteiger partial charge in [0, 0.05) is 24.6 Å². The molecule has 1 aromatic carbocycles. The van der Waals surface area contributed by atoms with Crippen molar-refractivity contribution in [1.29, 1.82) is 0 Å². The molecular weight excluding hydrogens is 254 g/mol. The van der Waals surface area contributed by atoms with E-state index < -0.39 is 5.97 Å². The maximum absolute atomic E-state index is 11.2. The van der Waals surface area contributed by atoms with Crippen LogP contribution in [0.15, 0.2) is 24.3 Å². The van der Waals surface area contributed by atoms with Gasteiger partial charge in [-0.1, -0.05) is 32.0 Å². The minimum atomic E-state index is -0.873. The van der Waals surface area contributed by atoms with Gasteiger partial charge in [-0.2, -0.15) is 0 Å². The highest BCUT2D eigenvalue weighted by molar-refractivity contribution is 5.89. The molecule has 0 radical (unpaired) electrons. The first-order valence-electron chi connectivity index (χ1n) is 7.13. The summed E-state index contributed by atoms with van der Waals surface area (Å²) in [7, 11) is 0. The second kappa shape index (κ2) is 5.94. The Balaban J connectivity index is 1.96. The SMILES string of the molecule is CCOC1CC(NCc2ccccc2C(=O)O)C1(C)C. The summed E-state index contributed by atoms with van der Waals surface area (Å²) in [6.45, 7) is 7.72. The van der Waals surface area contributed by atoms with Gasteiger partial charge in [0.15, 0.2) is 0 Å². The lowest BCUT2D eigenvalue weighted by Crippen LogP contribution is -2.60. The van der Waals surface area contributed by atoms with Crippen LogP contribution in [0.3, 0.4) is 0 Å². The predicted molar refractivity (Wildman–Crippen MR) is 77.8 cm³/mol. The van der Waals surface area contributed by atoms with Crippen LogP contribution in [0.5, 0.6) is 0 Å². The summed E-state index contributed by atoms with van der Waals surface area (Å²) < 4.78 is 5.70. The smallest absolute Gasteiger partial charge is 0.336 e. The molecule has 1 aliphatic rings. The second-order valence-corrected chi connectivity index (χ2v) is 5.90. The third-order valence-corrected chi connectivity index (χ3v) is 4.33. The zero-order valence-corrected chi connectivity index (χ0v) is 12.3. The lowest BCUT2D eigenvalue weighted by atomic mass is 9.64. The van der Waals surface area contributed by atoms with E-state index in [4.69, 9.17) is 9.84 Å². The molecule has 2 unspecified atom stereocenters. The Morgan fingerprint density at radius 3 is 2.75 bits per heavy atom. The summed E-state index contributed by atoms with van der Waals surface area (Å²) in [4.78, 5) is 11.2. The molecule has 0 amide bonds. The van der Waals surface area contributed by atoms with Gasteiger partial charge in [0.05, 0.1) is 11.7 Å². The molecule has 0 heterocycles. The Kier molecular flexibility index (Phi) is 4.45. The van der Waals surface area contributed by atoms with Gasteiger partial charge in [-0.3, -0.25) is 0 Å². The van der Waals surface area contributed by atoms with E-state index in [1.54, 1.807) is 12.1 Å². The molecule has 2 rings (SSSR count). The van der Waals surface area contributed by atoms with E-state index in [1.807, 2.05) is 19.1 Å². The van der Waals surface area contributed by atoms with Crippen LogP contribution in [0.1, 0.15) is 43.1 Å². The number of carboxylic acids is 1. The Hall–Kier alpha value is -1.39. The topological polar surface area (TPSA) is 58.6 Å². The van der Waals surface area contributed by atoms with Gasteiger partial charge in [0.1, 0.15) is 0 Å². The average Bonchev–Trinajstić information content (AvgIpc) is 2.42. The fourth-order valence-electron chi connectivity index (χ4n) is 2.83. The largest absolute Gasteiger partial charge is 0.478 e. The van der Waals surface area contributed by atoms with E-state index in [-0.39, 0.29) is 5.41 Å². The van der Waals surface area contributed by atoms with Crippen molar-refractivity contribution in [2.75, 3.05) is 6.61 Å². The molecule has 1 aliphatic carbocycles. The van der Waals surface area contributed by atoms with E-state index in [1.165, 1.54) is 0 Å². The van der Waals surface area contributed by atoms with Gasteiger partial charge in [0.2, 0.25) is 0 Å². The number of carbonyl (C=O) groups is 1. The lowest BCUT2D eigenvalue weighted by molar-refractivity contribution is -0.114. The number of rotatable bonds is 6. The van der Waals surface area contributed by atoms with Crippen molar-refractivity contribution >= 4 is 5.97 Å². The summed E-state index contributed by atoms with van der Waals surface area (Å²) in [6.07, 6.45) is 1.27. The molecule has 0 spiro atoms. The van der Waals surface area contributed by atoms with Crippen molar-refractivity contribution in [3.8, 4) is 0 Å². The minimum absolute atomic E-state index is 0.0914. The molecule has 0 bridgehead atoms. The summed E-state index contributed by atoms with van der Waals surface area (Å²) in [6, 6.07) is 7.50. The number of hydrogen-bond donors (Lipinski definition) is 2. The molecule has 20 heavy (non-hydrogen) atoms. The standard InChI is InChI=1S/C16H23NO3/c1-4-20-14-9-13(16(14,2)3)17-10-11-7-5-6-8-12(11)15(18)19/h5-8,13-14,17H,4,9-10H2,1-3H3,(H,18,19). The van der Waals surface area contributed by atoms with E-state index in [0.717, 1.165) is 18.6 Å². The Bertz CT molecular complexity index is 484. The van der Waals surface area contributed by atoms with Crippen molar-refractivity contribution in [3.05, 3.63) is 35.4 Å². The lowest BCUT2D eigenvalue weighted by Gasteiger charge is -2.52. The van der Waals surface area contributed by atoms with E-state index in [9.17, 15) is 4.79 Å². The van der Waals surface area contributed by atoms with Gasteiger partial charge in [-0.25, -0.2) is 4.79 Å². The number of ether oxygens (including phenoxy) is 1. The summed E-state index contributed by atoms with van der Waals surface area (Å²) in [5.41, 5.74) is 1.29. The quantitative estimate of drug-likeness (QED) is 0.839. The number of carboxylic acid groups (broad SMARTS) is 1. The maximum Gasteiger partial charge on any atom is 0.336 e. The third-order valence-electron chi connectivity index (χ3n) is 4.33. The normalized spacial score (nSPS) is 24.1. The highest BCUT2D eigenvalue weighted by Crippen LogP contribution is 2.42. The Labute approximate surface area is 120 Å². The number of nitrogens with one attached hydrogen (secondary N) is 1. The summed E-state index contributed by atoms with van der Waals surface area (Å²) >= 11 is 0. The van der Waals surface area contributed by atoms with E-state index in [0.29, 0.717) is 24.3 Å². The van der Waals surface area contributed by atoms with Gasteiger partial charge < -0.3 is 15.2 Å². The van der Waals surface area contributed by atoms with Crippen LogP contribution in [0.2, 0.25) is 0 Å². The molecule has 1 saturated carbocycles. The Morgan fingerprint density at radius 1 is 1.45 bits per heavy atom. The van der Waals surface area contributed by atoms with Gasteiger partial charge >= 0.3 is 5.97 Å². The van der Waals surface area contributed by atoms with Crippen molar-refractivity contribution in [2.24, 2.45) is 5.41 Å². The minimum Gasteiger partial charge on any atom is -0.478 e. The van der Waals surface area contributed by atoms with Crippen LogP contribution < -0.4 is 5.32 Å². The molecule has 0 aliphatic heterocycles. The number of hydrogen-bond acceptors (Lipinski definition) is 3. The Morgan fingerprint density at radius 2 is 2.15 bits per heavy atom. The van der Waals surface area contributed by atoms with Crippen LogP contribution in [-0.2, 0) is 11.3 Å². The summed E-state index contributed by atoms with van der Waals surface area (Å²) in [5.74, 6) is -0.873. The van der Waals surface area contributed by atoms with Crippen LogP contribution in [0, 0.1) is 5.41 Å². The van der Waals surface area contributed by atoms with Crippen molar-refractivity contribution in [3.63, 3.8) is 0 Å². The van der Waals surface area contributed by atoms with Crippen molar-refractivity contribution in [1.82, 2.24) is 5.32 Å². The molecule has 1 fully saturated rings. The first-order valence-corrected chi connectivity index (χ1v) is 7.13. The number of aromatic carboxylic acids is 1. The van der Waals surface area contributed by atoms with Crippen molar-refractivity contribution < 1.29 is 14.6 Å². The summed E-state index contributed by atoms with van der Waals surface area (Å²) in [5, 5.41) is 12.6. The third kappa shape index (κ3) is 2.86. The molecule has 4 nitrogen and oxygen atoms in total. The highest BCUT2D eigenvalue weighted by Gasteiger charge is 2.48. The van der Waals surface area contributed by atoms with Gasteiger partial charge in [-0.15, -0.1) is 0 Å². The number of benzene rings is 1. The first kappa shape index (κ1) is 15.0. The molecule has 2 atom stereocenters. The van der Waals surface area contributed by atoms with Gasteiger partial charge in [-0.05, 0) is 25.0 Å². The second-order valence-electron chi connectivity index (χ2n) is 5.90. The molecule has 0 saturated heterocycles. The van der Waals surface area contributed by atoms with Crippen LogP contribution >= 0.6 is 0 Å².